The standard InChI is InChI=1S/C14H21F3O2/c1-2-3-4-5-6-7-8-9-10-11-12-19-13(18)14(15,16)17/h1H,3-12H2. The lowest BCUT2D eigenvalue weighted by Gasteiger charge is -2.06. The zero-order valence-electron chi connectivity index (χ0n) is 11.1. The van der Waals surface area contributed by atoms with E-state index in [4.69, 9.17) is 6.42 Å². The normalized spacial score (nSPS) is 11.1. The summed E-state index contributed by atoms with van der Waals surface area (Å²) >= 11 is 0. The van der Waals surface area contributed by atoms with Crippen LogP contribution in [0.3, 0.4) is 0 Å². The highest BCUT2D eigenvalue weighted by molar-refractivity contribution is 5.75. The van der Waals surface area contributed by atoms with Crippen molar-refractivity contribution in [3.05, 3.63) is 0 Å². The Morgan fingerprint density at radius 3 is 1.89 bits per heavy atom. The molecular weight excluding hydrogens is 257 g/mol. The van der Waals surface area contributed by atoms with Gasteiger partial charge in [-0.1, -0.05) is 38.5 Å². The molecule has 0 aromatic rings. The van der Waals surface area contributed by atoms with Crippen molar-refractivity contribution in [3.8, 4) is 12.3 Å². The molecule has 2 nitrogen and oxygen atoms in total. The number of carbonyl (C=O) groups is 1. The second kappa shape index (κ2) is 10.7. The van der Waals surface area contributed by atoms with Crippen LogP contribution in [0.25, 0.3) is 0 Å². The predicted molar refractivity (Wildman–Crippen MR) is 67.4 cm³/mol. The Labute approximate surface area is 112 Å². The van der Waals surface area contributed by atoms with Crippen LogP contribution < -0.4 is 0 Å². The molecule has 0 aromatic heterocycles. The number of hydrogen-bond donors (Lipinski definition) is 0. The van der Waals surface area contributed by atoms with Gasteiger partial charge in [0.05, 0.1) is 6.61 Å². The minimum Gasteiger partial charge on any atom is -0.459 e. The maximum Gasteiger partial charge on any atom is 0.490 e. The molecule has 0 bridgehead atoms. The van der Waals surface area contributed by atoms with E-state index in [2.05, 4.69) is 10.7 Å². The zero-order valence-corrected chi connectivity index (χ0v) is 11.1. The Morgan fingerprint density at radius 1 is 0.947 bits per heavy atom. The van der Waals surface area contributed by atoms with Gasteiger partial charge >= 0.3 is 12.1 Å². The highest BCUT2D eigenvalue weighted by Gasteiger charge is 2.40. The second-order valence-corrected chi connectivity index (χ2v) is 4.42. The van der Waals surface area contributed by atoms with Gasteiger partial charge < -0.3 is 4.74 Å². The Morgan fingerprint density at radius 2 is 1.42 bits per heavy atom. The van der Waals surface area contributed by atoms with Crippen LogP contribution in [-0.2, 0) is 9.53 Å². The molecule has 0 aliphatic rings. The summed E-state index contributed by atoms with van der Waals surface area (Å²) in [5.74, 6) is 0.495. The third kappa shape index (κ3) is 11.6. The van der Waals surface area contributed by atoms with Crippen molar-refractivity contribution >= 4 is 5.97 Å². The summed E-state index contributed by atoms with van der Waals surface area (Å²) in [7, 11) is 0. The average Bonchev–Trinajstić information content (AvgIpc) is 2.34. The van der Waals surface area contributed by atoms with Gasteiger partial charge in [-0.15, -0.1) is 12.3 Å². The largest absolute Gasteiger partial charge is 0.490 e. The number of carbonyl (C=O) groups excluding carboxylic acids is 1. The minimum atomic E-state index is -4.88. The van der Waals surface area contributed by atoms with Crippen molar-refractivity contribution in [2.24, 2.45) is 0 Å². The Balaban J connectivity index is 3.20. The molecule has 0 saturated heterocycles. The molecule has 0 heterocycles. The van der Waals surface area contributed by atoms with Crippen LogP contribution in [0.1, 0.15) is 57.8 Å². The molecule has 0 N–H and O–H groups in total. The lowest BCUT2D eigenvalue weighted by Crippen LogP contribution is -2.25. The van der Waals surface area contributed by atoms with E-state index in [0.717, 1.165) is 51.4 Å². The van der Waals surface area contributed by atoms with Crippen molar-refractivity contribution < 1.29 is 22.7 Å². The molecule has 0 aliphatic heterocycles. The number of hydrogen-bond acceptors (Lipinski definition) is 2. The van der Waals surface area contributed by atoms with Crippen LogP contribution in [0.15, 0.2) is 0 Å². The topological polar surface area (TPSA) is 26.3 Å². The van der Waals surface area contributed by atoms with Gasteiger partial charge in [0.25, 0.3) is 0 Å². The fraction of sp³-hybridized carbons (Fsp3) is 0.786. The molecule has 0 radical (unpaired) electrons. The van der Waals surface area contributed by atoms with Gasteiger partial charge in [-0.2, -0.15) is 13.2 Å². The van der Waals surface area contributed by atoms with Gasteiger partial charge in [0, 0.05) is 6.42 Å². The third-order valence-corrected chi connectivity index (χ3v) is 2.68. The monoisotopic (exact) mass is 278 g/mol. The molecule has 0 fully saturated rings. The first kappa shape index (κ1) is 17.8. The van der Waals surface area contributed by atoms with E-state index in [1.54, 1.807) is 0 Å². The summed E-state index contributed by atoms with van der Waals surface area (Å²) < 4.78 is 39.4. The minimum absolute atomic E-state index is 0.152. The first-order valence-electron chi connectivity index (χ1n) is 6.66. The van der Waals surface area contributed by atoms with Crippen LogP contribution in [0.2, 0.25) is 0 Å². The summed E-state index contributed by atoms with van der Waals surface area (Å²) in [5, 5.41) is 0. The average molecular weight is 278 g/mol. The lowest BCUT2D eigenvalue weighted by atomic mass is 10.1. The van der Waals surface area contributed by atoms with Gasteiger partial charge in [-0.3, -0.25) is 0 Å². The van der Waals surface area contributed by atoms with E-state index in [-0.39, 0.29) is 6.61 Å². The molecular formula is C14H21F3O2. The fourth-order valence-electron chi connectivity index (χ4n) is 1.64. The molecule has 0 spiro atoms. The smallest absolute Gasteiger partial charge is 0.459 e. The summed E-state index contributed by atoms with van der Waals surface area (Å²) in [4.78, 5) is 10.4. The molecule has 0 aromatic carbocycles. The van der Waals surface area contributed by atoms with Crippen molar-refractivity contribution in [1.82, 2.24) is 0 Å². The van der Waals surface area contributed by atoms with Gasteiger partial charge in [0.1, 0.15) is 0 Å². The van der Waals surface area contributed by atoms with Crippen LogP contribution in [-0.4, -0.2) is 18.8 Å². The number of halogens is 3. The number of alkyl halides is 3. The van der Waals surface area contributed by atoms with Crippen LogP contribution in [0.4, 0.5) is 13.2 Å². The fourth-order valence-corrected chi connectivity index (χ4v) is 1.64. The van der Waals surface area contributed by atoms with Gasteiger partial charge in [0.2, 0.25) is 0 Å². The maximum absolute atomic E-state index is 11.8. The lowest BCUT2D eigenvalue weighted by molar-refractivity contribution is -0.199. The number of ether oxygens (including phenoxy) is 1. The first-order valence-corrected chi connectivity index (χ1v) is 6.66. The maximum atomic E-state index is 11.8. The first-order chi connectivity index (χ1) is 8.98. The third-order valence-electron chi connectivity index (χ3n) is 2.68. The Bertz CT molecular complexity index is 279. The molecule has 0 saturated carbocycles. The second-order valence-electron chi connectivity index (χ2n) is 4.42. The number of esters is 1. The zero-order chi connectivity index (χ0) is 14.6. The summed E-state index contributed by atoms with van der Waals surface area (Å²) in [6, 6.07) is 0. The summed E-state index contributed by atoms with van der Waals surface area (Å²) in [6.45, 7) is -0.152. The SMILES string of the molecule is C#CCCCCCCCCCCOC(=O)C(F)(F)F. The number of rotatable bonds is 10. The van der Waals surface area contributed by atoms with E-state index >= 15 is 0 Å². The highest BCUT2D eigenvalue weighted by atomic mass is 19.4. The molecule has 0 amide bonds. The van der Waals surface area contributed by atoms with E-state index < -0.39 is 12.1 Å². The number of unbranched alkanes of at least 4 members (excludes halogenated alkanes) is 8. The summed E-state index contributed by atoms with van der Waals surface area (Å²) in [6.07, 6.45) is 8.82. The van der Waals surface area contributed by atoms with Gasteiger partial charge in [-0.25, -0.2) is 4.79 Å². The van der Waals surface area contributed by atoms with E-state index in [0.29, 0.717) is 6.42 Å². The van der Waals surface area contributed by atoms with Crippen molar-refractivity contribution in [2.75, 3.05) is 6.61 Å². The molecule has 0 aliphatic carbocycles. The Kier molecular flexibility index (Phi) is 10.1. The summed E-state index contributed by atoms with van der Waals surface area (Å²) in [5.41, 5.74) is 0. The van der Waals surface area contributed by atoms with Crippen LogP contribution in [0, 0.1) is 12.3 Å². The van der Waals surface area contributed by atoms with E-state index in [9.17, 15) is 18.0 Å². The van der Waals surface area contributed by atoms with E-state index in [1.165, 1.54) is 0 Å². The van der Waals surface area contributed by atoms with Crippen molar-refractivity contribution in [2.45, 2.75) is 64.0 Å². The van der Waals surface area contributed by atoms with Gasteiger partial charge in [0.15, 0.2) is 0 Å². The molecule has 0 atom stereocenters. The van der Waals surface area contributed by atoms with Gasteiger partial charge in [-0.05, 0) is 12.8 Å². The highest BCUT2D eigenvalue weighted by Crippen LogP contribution is 2.16. The molecule has 0 rings (SSSR count). The predicted octanol–water partition coefficient (Wildman–Crippen LogP) is 4.24. The Hall–Kier alpha value is -1.18. The van der Waals surface area contributed by atoms with E-state index in [1.807, 2.05) is 0 Å². The molecule has 19 heavy (non-hydrogen) atoms. The molecule has 0 unspecified atom stereocenters. The van der Waals surface area contributed by atoms with Crippen LogP contribution in [0.5, 0.6) is 0 Å². The van der Waals surface area contributed by atoms with Crippen molar-refractivity contribution in [1.29, 1.82) is 0 Å². The molecule has 110 valence electrons. The number of terminal acetylenes is 1. The molecule has 5 heteroatoms. The van der Waals surface area contributed by atoms with Crippen LogP contribution >= 0.6 is 0 Å². The van der Waals surface area contributed by atoms with Crippen molar-refractivity contribution in [3.63, 3.8) is 0 Å². The quantitative estimate of drug-likeness (QED) is 0.339.